The van der Waals surface area contributed by atoms with E-state index in [1.165, 1.54) is 0 Å². The van der Waals surface area contributed by atoms with Crippen molar-refractivity contribution < 1.29 is 18.0 Å². The van der Waals surface area contributed by atoms with Gasteiger partial charge in [0.25, 0.3) is 0 Å². The monoisotopic (exact) mass is 367 g/mol. The Morgan fingerprint density at radius 3 is 2.54 bits per heavy atom. The zero-order valence-electron chi connectivity index (χ0n) is 15.2. The zero-order valence-corrected chi connectivity index (χ0v) is 15.2. The molecule has 7 heteroatoms. The van der Waals surface area contributed by atoms with Gasteiger partial charge in [-0.1, -0.05) is 18.6 Å². The van der Waals surface area contributed by atoms with E-state index >= 15 is 0 Å². The Hall–Kier alpha value is -2.05. The van der Waals surface area contributed by atoms with Crippen LogP contribution >= 0.6 is 0 Å². The molecular formula is C19H24F3N3O. The minimum Gasteiger partial charge on any atom is -0.305 e. The van der Waals surface area contributed by atoms with E-state index in [0.717, 1.165) is 11.0 Å². The van der Waals surface area contributed by atoms with Crippen LogP contribution in [0.4, 0.5) is 19.1 Å². The maximum Gasteiger partial charge on any atom is 0.391 e. The molecule has 1 aliphatic carbocycles. The van der Waals surface area contributed by atoms with Gasteiger partial charge in [-0.25, -0.2) is 4.98 Å². The summed E-state index contributed by atoms with van der Waals surface area (Å²) in [7, 11) is 0. The highest BCUT2D eigenvalue weighted by Gasteiger charge is 2.43. The number of anilines is 1. The van der Waals surface area contributed by atoms with Crippen LogP contribution in [0.1, 0.15) is 46.5 Å². The highest BCUT2D eigenvalue weighted by molar-refractivity contribution is 5.93. The second-order valence-corrected chi connectivity index (χ2v) is 8.02. The van der Waals surface area contributed by atoms with E-state index in [9.17, 15) is 18.0 Å². The lowest BCUT2D eigenvalue weighted by Gasteiger charge is -2.30. The topological polar surface area (TPSA) is 46.9 Å². The second kappa shape index (κ2) is 6.59. The van der Waals surface area contributed by atoms with Crippen LogP contribution in [0.2, 0.25) is 0 Å². The summed E-state index contributed by atoms with van der Waals surface area (Å²) in [5.74, 6) is -2.02. The summed E-state index contributed by atoms with van der Waals surface area (Å²) in [4.78, 5) is 17.2. The summed E-state index contributed by atoms with van der Waals surface area (Å²) in [6, 6.07) is 7.53. The Bertz CT molecular complexity index is 804. The van der Waals surface area contributed by atoms with E-state index in [1.54, 1.807) is 0 Å². The lowest BCUT2D eigenvalue weighted by molar-refractivity contribution is -0.185. The Balaban J connectivity index is 1.86. The third kappa shape index (κ3) is 3.71. The van der Waals surface area contributed by atoms with Gasteiger partial charge >= 0.3 is 6.18 Å². The maximum atomic E-state index is 13.0. The lowest BCUT2D eigenvalue weighted by Crippen LogP contribution is -2.35. The van der Waals surface area contributed by atoms with Gasteiger partial charge < -0.3 is 4.57 Å². The van der Waals surface area contributed by atoms with Gasteiger partial charge in [0, 0.05) is 11.5 Å². The van der Waals surface area contributed by atoms with Crippen LogP contribution in [0.3, 0.4) is 0 Å². The fourth-order valence-electron chi connectivity index (χ4n) is 3.73. The number of nitrogens with one attached hydrogen (secondary N) is 1. The van der Waals surface area contributed by atoms with Gasteiger partial charge in [-0.05, 0) is 52.2 Å². The van der Waals surface area contributed by atoms with Crippen LogP contribution in [-0.4, -0.2) is 21.6 Å². The van der Waals surface area contributed by atoms with Crippen LogP contribution in [0.15, 0.2) is 24.3 Å². The van der Waals surface area contributed by atoms with Crippen molar-refractivity contribution in [1.29, 1.82) is 0 Å². The first kappa shape index (κ1) is 18.7. The van der Waals surface area contributed by atoms with Crippen LogP contribution < -0.4 is 5.32 Å². The molecule has 0 saturated heterocycles. The normalized spacial score (nSPS) is 21.8. The first-order valence-corrected chi connectivity index (χ1v) is 8.93. The predicted molar refractivity (Wildman–Crippen MR) is 94.9 cm³/mol. The number of aromatic nitrogens is 2. The summed E-state index contributed by atoms with van der Waals surface area (Å²) >= 11 is 0. The number of amides is 1. The van der Waals surface area contributed by atoms with E-state index in [2.05, 4.69) is 10.3 Å². The van der Waals surface area contributed by atoms with Crippen LogP contribution in [0, 0.1) is 11.8 Å². The first-order chi connectivity index (χ1) is 12.1. The number of carbonyl (C=O) groups excluding carboxylic acids is 1. The maximum absolute atomic E-state index is 13.0. The van der Waals surface area contributed by atoms with Crippen molar-refractivity contribution in [3.63, 3.8) is 0 Å². The molecule has 3 rings (SSSR count). The van der Waals surface area contributed by atoms with Crippen molar-refractivity contribution in [3.05, 3.63) is 24.3 Å². The van der Waals surface area contributed by atoms with Crippen LogP contribution in [-0.2, 0) is 10.3 Å². The number of carbonyl (C=O) groups is 1. The van der Waals surface area contributed by atoms with Crippen molar-refractivity contribution in [2.75, 3.05) is 5.32 Å². The molecule has 26 heavy (non-hydrogen) atoms. The van der Waals surface area contributed by atoms with Crippen molar-refractivity contribution in [2.24, 2.45) is 11.8 Å². The highest BCUT2D eigenvalue weighted by atomic mass is 19.4. The largest absolute Gasteiger partial charge is 0.391 e. The molecule has 0 radical (unpaired) electrons. The number of hydrogen-bond donors (Lipinski definition) is 1. The number of fused-ring (bicyclic) bond motifs is 1. The second-order valence-electron chi connectivity index (χ2n) is 8.02. The van der Waals surface area contributed by atoms with Gasteiger partial charge in [0.1, 0.15) is 0 Å². The Kier molecular flexibility index (Phi) is 4.75. The van der Waals surface area contributed by atoms with E-state index in [0.29, 0.717) is 18.8 Å². The van der Waals surface area contributed by atoms with Gasteiger partial charge in [0.15, 0.2) is 0 Å². The van der Waals surface area contributed by atoms with Gasteiger partial charge in [0.2, 0.25) is 11.9 Å². The van der Waals surface area contributed by atoms with E-state index in [-0.39, 0.29) is 24.3 Å². The van der Waals surface area contributed by atoms with Crippen molar-refractivity contribution in [1.82, 2.24) is 9.55 Å². The molecule has 0 spiro atoms. The molecule has 2 unspecified atom stereocenters. The van der Waals surface area contributed by atoms with E-state index in [1.807, 2.05) is 49.6 Å². The van der Waals surface area contributed by atoms with Gasteiger partial charge in [-0.3, -0.25) is 10.1 Å². The summed E-state index contributed by atoms with van der Waals surface area (Å²) in [5.41, 5.74) is 1.29. The summed E-state index contributed by atoms with van der Waals surface area (Å²) < 4.78 is 41.0. The number of halogens is 3. The summed E-state index contributed by atoms with van der Waals surface area (Å²) in [6.07, 6.45) is -3.39. The highest BCUT2D eigenvalue weighted by Crippen LogP contribution is 2.40. The molecule has 1 aromatic carbocycles. The van der Waals surface area contributed by atoms with Crippen molar-refractivity contribution in [2.45, 2.75) is 58.2 Å². The number of benzene rings is 1. The lowest BCUT2D eigenvalue weighted by atomic mass is 9.80. The summed E-state index contributed by atoms with van der Waals surface area (Å²) in [5, 5.41) is 2.79. The molecule has 1 N–H and O–H groups in total. The standard InChI is InChI=1S/C19H24F3N3O/c1-18(2,3)25-15-10-5-4-9-14(15)23-17(25)24-16(26)12-7-6-8-13(11-12)19(20,21)22/h4-5,9-10,12-13H,6-8,11H2,1-3H3,(H,23,24,26). The number of nitrogens with zero attached hydrogens (tertiary/aromatic N) is 2. The van der Waals surface area contributed by atoms with E-state index < -0.39 is 18.0 Å². The van der Waals surface area contributed by atoms with Crippen molar-refractivity contribution >= 4 is 22.9 Å². The number of hydrogen-bond acceptors (Lipinski definition) is 2. The molecular weight excluding hydrogens is 343 g/mol. The average Bonchev–Trinajstić information content (AvgIpc) is 2.92. The molecule has 1 aromatic heterocycles. The van der Waals surface area contributed by atoms with Gasteiger partial charge in [-0.15, -0.1) is 0 Å². The quantitative estimate of drug-likeness (QED) is 0.803. The molecule has 1 saturated carbocycles. The molecule has 1 fully saturated rings. The minimum atomic E-state index is -4.24. The molecule has 2 aromatic rings. The number of alkyl halides is 3. The molecule has 142 valence electrons. The first-order valence-electron chi connectivity index (χ1n) is 8.93. The van der Waals surface area contributed by atoms with Crippen LogP contribution in [0.25, 0.3) is 11.0 Å². The Labute approximate surface area is 150 Å². The van der Waals surface area contributed by atoms with Crippen molar-refractivity contribution in [3.8, 4) is 0 Å². The SMILES string of the molecule is CC(C)(C)n1c(NC(=O)C2CCCC(C(F)(F)F)C2)nc2ccccc21. The third-order valence-corrected chi connectivity index (χ3v) is 4.97. The predicted octanol–water partition coefficient (Wildman–Crippen LogP) is 5.10. The fourth-order valence-corrected chi connectivity index (χ4v) is 3.73. The van der Waals surface area contributed by atoms with Gasteiger partial charge in [-0.2, -0.15) is 13.2 Å². The average molecular weight is 367 g/mol. The number of para-hydroxylation sites is 2. The Morgan fingerprint density at radius 1 is 1.19 bits per heavy atom. The van der Waals surface area contributed by atoms with Crippen LogP contribution in [0.5, 0.6) is 0 Å². The third-order valence-electron chi connectivity index (χ3n) is 4.97. The molecule has 1 heterocycles. The molecule has 1 aliphatic rings. The fraction of sp³-hybridized carbons (Fsp3) is 0.579. The van der Waals surface area contributed by atoms with Gasteiger partial charge in [0.05, 0.1) is 17.0 Å². The molecule has 1 amide bonds. The minimum absolute atomic E-state index is 0.105. The molecule has 4 nitrogen and oxygen atoms in total. The molecule has 2 atom stereocenters. The van der Waals surface area contributed by atoms with E-state index in [4.69, 9.17) is 0 Å². The number of rotatable bonds is 2. The molecule has 0 aliphatic heterocycles. The molecule has 0 bridgehead atoms. The zero-order chi connectivity index (χ0) is 19.1. The summed E-state index contributed by atoms with van der Waals surface area (Å²) in [6.45, 7) is 5.99. The Morgan fingerprint density at radius 2 is 1.88 bits per heavy atom. The number of imidazole rings is 1. The smallest absolute Gasteiger partial charge is 0.305 e.